The Kier molecular flexibility index (Phi) is 7.02. The number of hydrogen-bond donors (Lipinski definition) is 2. The number of carbonyl (C=O) groups is 1. The van der Waals surface area contributed by atoms with Crippen LogP contribution in [0.1, 0.15) is 56.7 Å². The number of ether oxygens (including phenoxy) is 1. The maximum Gasteiger partial charge on any atom is 0.276 e. The first kappa shape index (κ1) is 25.2. The van der Waals surface area contributed by atoms with Crippen molar-refractivity contribution in [3.8, 4) is 5.75 Å². The van der Waals surface area contributed by atoms with Crippen LogP contribution in [0.25, 0.3) is 0 Å². The monoisotopic (exact) mass is 488 g/mol. The molecule has 2 N–H and O–H groups in total. The summed E-state index contributed by atoms with van der Waals surface area (Å²) in [7, 11) is -2.61. The van der Waals surface area contributed by atoms with Gasteiger partial charge in [-0.3, -0.25) is 14.2 Å². The second-order valence-electron chi connectivity index (χ2n) is 9.12. The lowest BCUT2D eigenvalue weighted by Gasteiger charge is -2.23. The van der Waals surface area contributed by atoms with Gasteiger partial charge in [0.15, 0.2) is 5.69 Å². The highest BCUT2D eigenvalue weighted by molar-refractivity contribution is 7.92. The lowest BCUT2D eigenvalue weighted by atomic mass is 10.1. The molecule has 0 spiro atoms. The van der Waals surface area contributed by atoms with E-state index in [0.717, 1.165) is 30.0 Å². The molecule has 34 heavy (non-hydrogen) atoms. The van der Waals surface area contributed by atoms with Gasteiger partial charge in [-0.2, -0.15) is 5.10 Å². The molecule has 1 heterocycles. The van der Waals surface area contributed by atoms with E-state index in [0.29, 0.717) is 5.69 Å². The highest BCUT2D eigenvalue weighted by Gasteiger charge is 2.24. The fourth-order valence-electron chi connectivity index (χ4n) is 3.33. The van der Waals surface area contributed by atoms with Crippen molar-refractivity contribution in [1.29, 1.82) is 0 Å². The minimum Gasteiger partial charge on any atom is -0.495 e. The number of methoxy groups -OCH3 is 1. The van der Waals surface area contributed by atoms with Crippen LogP contribution in [-0.2, 0) is 15.6 Å². The number of hydrogen-bond acceptors (Lipinski definition) is 5. The minimum absolute atomic E-state index is 0.112. The van der Waals surface area contributed by atoms with Crippen LogP contribution in [0.4, 0.5) is 15.8 Å². The molecule has 0 fully saturated rings. The largest absolute Gasteiger partial charge is 0.495 e. The Morgan fingerprint density at radius 3 is 2.26 bits per heavy atom. The summed E-state index contributed by atoms with van der Waals surface area (Å²) in [6.45, 7) is 10.1. The van der Waals surface area contributed by atoms with E-state index < -0.39 is 21.7 Å². The van der Waals surface area contributed by atoms with E-state index in [-0.39, 0.29) is 33.5 Å². The third-order valence-electron chi connectivity index (χ3n) is 5.02. The van der Waals surface area contributed by atoms with E-state index in [2.05, 4.69) is 15.1 Å². The van der Waals surface area contributed by atoms with Gasteiger partial charge in [-0.1, -0.05) is 13.8 Å². The van der Waals surface area contributed by atoms with Crippen LogP contribution in [0.15, 0.2) is 53.4 Å². The highest BCUT2D eigenvalue weighted by atomic mass is 32.2. The number of amides is 1. The van der Waals surface area contributed by atoms with Crippen LogP contribution in [0.3, 0.4) is 0 Å². The number of benzene rings is 2. The van der Waals surface area contributed by atoms with Crippen molar-refractivity contribution in [3.05, 3.63) is 65.7 Å². The van der Waals surface area contributed by atoms with Gasteiger partial charge in [-0.05, 0) is 75.2 Å². The first-order valence-electron chi connectivity index (χ1n) is 10.7. The molecule has 0 aliphatic carbocycles. The first-order chi connectivity index (χ1) is 15.8. The smallest absolute Gasteiger partial charge is 0.276 e. The fraction of sp³-hybridized carbons (Fsp3) is 0.333. The molecule has 1 amide bonds. The number of anilines is 2. The van der Waals surface area contributed by atoms with E-state index in [4.69, 9.17) is 4.74 Å². The average Bonchev–Trinajstić information content (AvgIpc) is 3.21. The van der Waals surface area contributed by atoms with E-state index in [1.807, 2.05) is 39.3 Å². The predicted molar refractivity (Wildman–Crippen MR) is 129 cm³/mol. The molecule has 3 rings (SSSR count). The molecule has 0 saturated heterocycles. The van der Waals surface area contributed by atoms with Gasteiger partial charge in [-0.15, -0.1) is 0 Å². The molecule has 3 aromatic rings. The number of nitrogens with one attached hydrogen (secondary N) is 2. The maximum absolute atomic E-state index is 13.2. The van der Waals surface area contributed by atoms with Crippen molar-refractivity contribution >= 4 is 27.3 Å². The molecule has 0 aliphatic heterocycles. The van der Waals surface area contributed by atoms with Gasteiger partial charge in [0, 0.05) is 11.4 Å². The zero-order valence-electron chi connectivity index (χ0n) is 20.0. The molecule has 0 bridgehead atoms. The Bertz CT molecular complexity index is 1290. The Balaban J connectivity index is 1.89. The van der Waals surface area contributed by atoms with Gasteiger partial charge >= 0.3 is 0 Å². The zero-order chi connectivity index (χ0) is 25.3. The molecule has 0 radical (unpaired) electrons. The summed E-state index contributed by atoms with van der Waals surface area (Å²) in [6, 6.07) is 10.8. The van der Waals surface area contributed by atoms with Crippen molar-refractivity contribution < 1.29 is 22.3 Å². The Labute approximate surface area is 199 Å². The number of nitrogens with zero attached hydrogens (tertiary/aromatic N) is 2. The van der Waals surface area contributed by atoms with Gasteiger partial charge in [-0.25, -0.2) is 12.8 Å². The molecule has 8 nitrogen and oxygen atoms in total. The number of sulfonamides is 1. The van der Waals surface area contributed by atoms with Crippen LogP contribution >= 0.6 is 0 Å². The third kappa shape index (κ3) is 5.56. The molecule has 0 aliphatic rings. The van der Waals surface area contributed by atoms with Crippen LogP contribution in [0.5, 0.6) is 5.75 Å². The molecular weight excluding hydrogens is 459 g/mol. The van der Waals surface area contributed by atoms with Crippen molar-refractivity contribution in [1.82, 2.24) is 9.78 Å². The van der Waals surface area contributed by atoms with Gasteiger partial charge < -0.3 is 10.1 Å². The van der Waals surface area contributed by atoms with E-state index in [1.54, 1.807) is 12.1 Å². The Morgan fingerprint density at radius 2 is 1.74 bits per heavy atom. The van der Waals surface area contributed by atoms with Crippen molar-refractivity contribution in [2.24, 2.45) is 0 Å². The van der Waals surface area contributed by atoms with Gasteiger partial charge in [0.1, 0.15) is 11.6 Å². The number of rotatable bonds is 7. The number of carbonyl (C=O) groups excluding carboxylic acids is 1. The molecule has 0 atom stereocenters. The van der Waals surface area contributed by atoms with E-state index in [1.165, 1.54) is 19.2 Å². The quantitative estimate of drug-likeness (QED) is 0.489. The summed E-state index contributed by atoms with van der Waals surface area (Å²) in [4.78, 5) is 12.8. The summed E-state index contributed by atoms with van der Waals surface area (Å²) in [5.41, 5.74) is 1.35. The minimum atomic E-state index is -4.01. The summed E-state index contributed by atoms with van der Waals surface area (Å²) in [5, 5.41) is 7.26. The normalized spacial score (nSPS) is 12.0. The summed E-state index contributed by atoms with van der Waals surface area (Å²) < 4.78 is 48.2. The van der Waals surface area contributed by atoms with E-state index >= 15 is 0 Å². The number of aromatic nitrogens is 2. The second-order valence-corrected chi connectivity index (χ2v) is 10.8. The average molecular weight is 489 g/mol. The highest BCUT2D eigenvalue weighted by Crippen LogP contribution is 2.31. The fourth-order valence-corrected chi connectivity index (χ4v) is 4.39. The molecular formula is C24H29FN4O4S. The van der Waals surface area contributed by atoms with E-state index in [9.17, 15) is 17.6 Å². The summed E-state index contributed by atoms with van der Waals surface area (Å²) in [6.07, 6.45) is 0. The summed E-state index contributed by atoms with van der Waals surface area (Å²) in [5.74, 6) is -0.553. The second kappa shape index (κ2) is 9.46. The van der Waals surface area contributed by atoms with Crippen molar-refractivity contribution in [3.63, 3.8) is 0 Å². The Morgan fingerprint density at radius 1 is 1.09 bits per heavy atom. The van der Waals surface area contributed by atoms with Gasteiger partial charge in [0.2, 0.25) is 0 Å². The van der Waals surface area contributed by atoms with Crippen LogP contribution in [0, 0.1) is 5.82 Å². The predicted octanol–water partition coefficient (Wildman–Crippen LogP) is 4.96. The molecule has 182 valence electrons. The molecule has 0 unspecified atom stereocenters. The van der Waals surface area contributed by atoms with Crippen LogP contribution < -0.4 is 14.8 Å². The van der Waals surface area contributed by atoms with Crippen molar-refractivity contribution in [2.45, 2.75) is 51.0 Å². The zero-order valence-corrected chi connectivity index (χ0v) is 20.8. The van der Waals surface area contributed by atoms with Crippen LogP contribution in [0.2, 0.25) is 0 Å². The maximum atomic E-state index is 13.2. The van der Waals surface area contributed by atoms with Gasteiger partial charge in [0.25, 0.3) is 15.9 Å². The first-order valence-corrected chi connectivity index (χ1v) is 12.2. The van der Waals surface area contributed by atoms with Crippen LogP contribution in [-0.4, -0.2) is 31.2 Å². The molecule has 0 saturated carbocycles. The lowest BCUT2D eigenvalue weighted by molar-refractivity contribution is 0.102. The molecule has 1 aromatic heterocycles. The standard InChI is InChI=1S/C24H29FN4O4S/c1-15(2)21-14-20(27-29(21)24(3,4)5)23(30)26-17-9-12-22(33-6)19(13-17)28-34(31,32)18-10-7-16(25)8-11-18/h7-15,28H,1-6H3,(H,26,30). The third-order valence-corrected chi connectivity index (χ3v) is 6.40. The van der Waals surface area contributed by atoms with Crippen molar-refractivity contribution in [2.75, 3.05) is 17.1 Å². The number of halogens is 1. The topological polar surface area (TPSA) is 102 Å². The molecule has 2 aromatic carbocycles. The lowest BCUT2D eigenvalue weighted by Crippen LogP contribution is -2.26. The SMILES string of the molecule is COc1ccc(NC(=O)c2cc(C(C)C)n(C(C)(C)C)n2)cc1NS(=O)(=O)c1ccc(F)cc1. The summed E-state index contributed by atoms with van der Waals surface area (Å²) >= 11 is 0. The van der Waals surface area contributed by atoms with Gasteiger partial charge in [0.05, 0.1) is 23.2 Å². The Hall–Kier alpha value is -3.40. The molecule has 10 heteroatoms.